The number of carbonyl (C=O) groups is 1. The normalized spacial score (nSPS) is 24.7. The van der Waals surface area contributed by atoms with Crippen LogP contribution >= 0.6 is 23.3 Å². The van der Waals surface area contributed by atoms with Crippen LogP contribution in [-0.4, -0.2) is 25.9 Å². The van der Waals surface area contributed by atoms with Crippen molar-refractivity contribution in [1.82, 2.24) is 9.55 Å². The summed E-state index contributed by atoms with van der Waals surface area (Å²) in [7, 11) is -0.705. The molecule has 0 saturated carbocycles. The molecule has 0 amide bonds. The van der Waals surface area contributed by atoms with E-state index in [1.54, 1.807) is 6.20 Å². The van der Waals surface area contributed by atoms with E-state index in [9.17, 15) is 9.90 Å². The molecule has 0 spiro atoms. The molecule has 3 rings (SSSR count). The van der Waals surface area contributed by atoms with Crippen molar-refractivity contribution in [2.75, 3.05) is 0 Å². The van der Waals surface area contributed by atoms with Crippen LogP contribution in [-0.2, 0) is 17.1 Å². The molecule has 1 aliphatic rings. The first kappa shape index (κ1) is 18.6. The van der Waals surface area contributed by atoms with Crippen molar-refractivity contribution in [2.45, 2.75) is 30.9 Å². The van der Waals surface area contributed by atoms with E-state index in [4.69, 9.17) is 0 Å². The summed E-state index contributed by atoms with van der Waals surface area (Å²) >= 11 is 0. The Balaban J connectivity index is 0.00000208. The number of allylic oxidation sites excluding steroid dienone is 1. The molecule has 0 saturated heterocycles. The van der Waals surface area contributed by atoms with Crippen LogP contribution in [0.15, 0.2) is 60.0 Å². The van der Waals surface area contributed by atoms with Crippen LogP contribution in [0, 0.1) is 5.92 Å². The monoisotopic (exact) mass is 366 g/mol. The highest BCUT2D eigenvalue weighted by molar-refractivity contribution is 8.21. The molecule has 2 aromatic rings. The average molecular weight is 367 g/mol. The number of thiol groups is 1. The van der Waals surface area contributed by atoms with Crippen molar-refractivity contribution in [3.05, 3.63) is 65.6 Å². The van der Waals surface area contributed by atoms with Gasteiger partial charge in [-0.05, 0) is 23.2 Å². The summed E-state index contributed by atoms with van der Waals surface area (Å²) in [5.74, 6) is 0.553. The molecule has 4 nitrogen and oxygen atoms in total. The van der Waals surface area contributed by atoms with E-state index in [0.29, 0.717) is 16.1 Å². The molecule has 0 aliphatic carbocycles. The van der Waals surface area contributed by atoms with E-state index < -0.39 is 16.9 Å². The van der Waals surface area contributed by atoms with E-state index in [1.807, 2.05) is 36.8 Å². The fraction of sp³-hybridized carbons (Fsp3) is 0.333. The molecule has 1 aromatic carbocycles. The molecule has 0 bridgehead atoms. The summed E-state index contributed by atoms with van der Waals surface area (Å²) in [4.78, 5) is 16.4. The Labute approximate surface area is 151 Å². The summed E-state index contributed by atoms with van der Waals surface area (Å²) in [5, 5.41) is 9.96. The Morgan fingerprint density at radius 1 is 1.38 bits per heavy atom. The number of hydrogen-bond acceptors (Lipinski definition) is 2. The minimum absolute atomic E-state index is 0. The van der Waals surface area contributed by atoms with E-state index in [1.165, 1.54) is 5.56 Å². The molecular formula is C18H23ClN2O2S. The van der Waals surface area contributed by atoms with Gasteiger partial charge in [-0.25, -0.2) is 20.7 Å². The number of halogens is 1. The minimum atomic E-state index is -0.750. The van der Waals surface area contributed by atoms with Gasteiger partial charge in [0.2, 0.25) is 0 Å². The van der Waals surface area contributed by atoms with Crippen LogP contribution < -0.4 is 0 Å². The van der Waals surface area contributed by atoms with Crippen LogP contribution in [0.2, 0.25) is 0 Å². The summed E-state index contributed by atoms with van der Waals surface area (Å²) in [6.45, 7) is 3.12. The van der Waals surface area contributed by atoms with Gasteiger partial charge in [0.25, 0.3) is 0 Å². The van der Waals surface area contributed by atoms with Crippen LogP contribution in [0.25, 0.3) is 0 Å². The average Bonchev–Trinajstić information content (AvgIpc) is 3.05. The second kappa shape index (κ2) is 8.40. The maximum Gasteiger partial charge on any atom is 0.340 e. The van der Waals surface area contributed by atoms with Gasteiger partial charge in [-0.15, -0.1) is 12.4 Å². The van der Waals surface area contributed by atoms with Gasteiger partial charge < -0.3 is 9.67 Å². The summed E-state index contributed by atoms with van der Waals surface area (Å²) in [5.41, 5.74) is 1.22. The standard InChI is InChI=1S/C18H22N2O2S.ClH/c1-14-16(11-20-10-9-19-13-20)7-8-17(18(21)22)23(14)12-15-5-3-2-4-6-15;/h2-6,8-10,13-14,16,23H,7,11-12H2,1H3,(H,21,22);1H. The first-order chi connectivity index (χ1) is 11.1. The number of nitrogens with zero attached hydrogens (tertiary/aromatic N) is 2. The topological polar surface area (TPSA) is 55.1 Å². The Hall–Kier alpha value is -1.72. The van der Waals surface area contributed by atoms with E-state index in [0.717, 1.165) is 18.7 Å². The highest BCUT2D eigenvalue weighted by atomic mass is 35.5. The second-order valence-electron chi connectivity index (χ2n) is 6.00. The Kier molecular flexibility index (Phi) is 6.52. The molecule has 3 unspecified atom stereocenters. The maximum absolute atomic E-state index is 11.7. The second-order valence-corrected chi connectivity index (χ2v) is 8.56. The lowest BCUT2D eigenvalue weighted by molar-refractivity contribution is -0.131. The van der Waals surface area contributed by atoms with Gasteiger partial charge in [0, 0.05) is 24.7 Å². The SMILES string of the molecule is CC1C(Cn2ccnc2)CC=C(C(=O)O)[SH]1Cc1ccccc1.Cl. The largest absolute Gasteiger partial charge is 0.477 e. The molecule has 1 N–H and O–H groups in total. The van der Waals surface area contributed by atoms with Gasteiger partial charge in [-0.1, -0.05) is 43.3 Å². The zero-order chi connectivity index (χ0) is 16.2. The number of carboxylic acid groups (broad SMARTS) is 1. The lowest BCUT2D eigenvalue weighted by atomic mass is 10.0. The van der Waals surface area contributed by atoms with Crippen molar-refractivity contribution < 1.29 is 9.90 Å². The van der Waals surface area contributed by atoms with E-state index >= 15 is 0 Å². The molecule has 1 aliphatic heterocycles. The lowest BCUT2D eigenvalue weighted by Crippen LogP contribution is -2.28. The Morgan fingerprint density at radius 2 is 2.12 bits per heavy atom. The third-order valence-corrected chi connectivity index (χ3v) is 7.62. The fourth-order valence-corrected chi connectivity index (χ4v) is 5.97. The molecule has 2 heterocycles. The zero-order valence-corrected chi connectivity index (χ0v) is 15.3. The molecule has 3 atom stereocenters. The number of rotatable bonds is 5. The molecule has 0 fully saturated rings. The molecule has 0 radical (unpaired) electrons. The number of hydrogen-bond donors (Lipinski definition) is 2. The molecule has 6 heteroatoms. The number of aliphatic carboxylic acids is 1. The van der Waals surface area contributed by atoms with Crippen molar-refractivity contribution in [3.63, 3.8) is 0 Å². The number of carboxylic acids is 1. The predicted octanol–water partition coefficient (Wildman–Crippen LogP) is 3.88. The minimum Gasteiger partial charge on any atom is -0.477 e. The van der Waals surface area contributed by atoms with Crippen molar-refractivity contribution in [3.8, 4) is 0 Å². The molecular weight excluding hydrogens is 344 g/mol. The first-order valence-electron chi connectivity index (χ1n) is 7.85. The molecule has 130 valence electrons. The van der Waals surface area contributed by atoms with Crippen molar-refractivity contribution in [2.24, 2.45) is 5.92 Å². The summed E-state index contributed by atoms with van der Waals surface area (Å²) < 4.78 is 2.09. The van der Waals surface area contributed by atoms with Gasteiger partial charge in [-0.2, -0.15) is 0 Å². The predicted molar refractivity (Wildman–Crippen MR) is 102 cm³/mol. The number of imidazole rings is 1. The highest BCUT2D eigenvalue weighted by Gasteiger charge is 2.32. The van der Waals surface area contributed by atoms with Gasteiger partial charge in [0.1, 0.15) is 0 Å². The van der Waals surface area contributed by atoms with Crippen LogP contribution in [0.4, 0.5) is 0 Å². The van der Waals surface area contributed by atoms with E-state index in [-0.39, 0.29) is 12.4 Å². The number of benzene rings is 1. The van der Waals surface area contributed by atoms with E-state index in [2.05, 4.69) is 28.6 Å². The third kappa shape index (κ3) is 4.22. The van der Waals surface area contributed by atoms with Crippen molar-refractivity contribution >= 4 is 29.3 Å². The summed E-state index contributed by atoms with van der Waals surface area (Å²) in [6, 6.07) is 10.2. The smallest absolute Gasteiger partial charge is 0.340 e. The maximum atomic E-state index is 11.7. The lowest BCUT2D eigenvalue weighted by Gasteiger charge is -2.38. The fourth-order valence-electron chi connectivity index (χ4n) is 3.16. The zero-order valence-electron chi connectivity index (χ0n) is 13.6. The number of aromatic nitrogens is 2. The van der Waals surface area contributed by atoms with Crippen LogP contribution in [0.5, 0.6) is 0 Å². The van der Waals surface area contributed by atoms with Gasteiger partial charge in [0.05, 0.1) is 11.2 Å². The van der Waals surface area contributed by atoms with Gasteiger partial charge in [0.15, 0.2) is 0 Å². The van der Waals surface area contributed by atoms with Crippen LogP contribution in [0.1, 0.15) is 18.9 Å². The Bertz CT molecular complexity index is 688. The van der Waals surface area contributed by atoms with Gasteiger partial charge in [-0.3, -0.25) is 0 Å². The highest BCUT2D eigenvalue weighted by Crippen LogP contribution is 2.50. The van der Waals surface area contributed by atoms with Crippen molar-refractivity contribution in [1.29, 1.82) is 0 Å². The third-order valence-electron chi connectivity index (χ3n) is 4.52. The molecule has 24 heavy (non-hydrogen) atoms. The van der Waals surface area contributed by atoms with Crippen LogP contribution in [0.3, 0.4) is 0 Å². The molecule has 1 aromatic heterocycles. The quantitative estimate of drug-likeness (QED) is 0.789. The summed E-state index contributed by atoms with van der Waals surface area (Å²) in [6.07, 6.45) is 8.39. The Morgan fingerprint density at radius 3 is 2.75 bits per heavy atom. The van der Waals surface area contributed by atoms with Gasteiger partial charge >= 0.3 is 5.97 Å². The first-order valence-corrected chi connectivity index (χ1v) is 9.44.